The van der Waals surface area contributed by atoms with Gasteiger partial charge in [-0.25, -0.2) is 4.98 Å². The molecule has 0 unspecified atom stereocenters. The molecule has 1 N–H and O–H groups in total. The Morgan fingerprint density at radius 1 is 1.41 bits per heavy atom. The van der Waals surface area contributed by atoms with Crippen LogP contribution in [-0.2, 0) is 13.1 Å². The molecule has 17 heavy (non-hydrogen) atoms. The standard InChI is InChI=1S/C13H18ClN3/c1-4-17-12-6-5-10(14)7-11(12)16-13(17)8-15-9(2)3/h5-7,9,15H,4,8H2,1-3H3. The summed E-state index contributed by atoms with van der Waals surface area (Å²) in [6.45, 7) is 8.12. The Balaban J connectivity index is 2.41. The van der Waals surface area contributed by atoms with Gasteiger partial charge in [-0.2, -0.15) is 0 Å². The van der Waals surface area contributed by atoms with E-state index in [1.54, 1.807) is 0 Å². The smallest absolute Gasteiger partial charge is 0.123 e. The van der Waals surface area contributed by atoms with E-state index in [1.807, 2.05) is 18.2 Å². The Morgan fingerprint density at radius 3 is 2.82 bits per heavy atom. The first-order chi connectivity index (χ1) is 8.11. The Hall–Kier alpha value is -1.06. The maximum Gasteiger partial charge on any atom is 0.123 e. The molecule has 0 spiro atoms. The first kappa shape index (κ1) is 12.4. The minimum Gasteiger partial charge on any atom is -0.327 e. The number of hydrogen-bond donors (Lipinski definition) is 1. The molecule has 4 heteroatoms. The van der Waals surface area contributed by atoms with E-state index < -0.39 is 0 Å². The normalized spacial score (nSPS) is 11.6. The summed E-state index contributed by atoms with van der Waals surface area (Å²) >= 11 is 5.99. The molecule has 1 heterocycles. The van der Waals surface area contributed by atoms with Crippen molar-refractivity contribution in [1.29, 1.82) is 0 Å². The van der Waals surface area contributed by atoms with Crippen molar-refractivity contribution in [3.05, 3.63) is 29.0 Å². The SMILES string of the molecule is CCn1c(CNC(C)C)nc2cc(Cl)ccc21. The van der Waals surface area contributed by atoms with Gasteiger partial charge >= 0.3 is 0 Å². The average Bonchev–Trinajstić information content (AvgIpc) is 2.62. The van der Waals surface area contributed by atoms with Gasteiger partial charge in [0, 0.05) is 17.6 Å². The molecule has 0 bridgehead atoms. The fourth-order valence-electron chi connectivity index (χ4n) is 1.94. The van der Waals surface area contributed by atoms with E-state index in [2.05, 4.69) is 35.6 Å². The summed E-state index contributed by atoms with van der Waals surface area (Å²) in [6.07, 6.45) is 0. The van der Waals surface area contributed by atoms with Gasteiger partial charge < -0.3 is 9.88 Å². The molecular weight excluding hydrogens is 234 g/mol. The van der Waals surface area contributed by atoms with Crippen molar-refractivity contribution in [2.45, 2.75) is 39.9 Å². The first-order valence-electron chi connectivity index (χ1n) is 6.00. The average molecular weight is 252 g/mol. The maximum absolute atomic E-state index is 5.99. The molecular formula is C13H18ClN3. The van der Waals surface area contributed by atoms with Crippen molar-refractivity contribution in [2.75, 3.05) is 0 Å². The van der Waals surface area contributed by atoms with Crippen molar-refractivity contribution in [3.8, 4) is 0 Å². The van der Waals surface area contributed by atoms with Gasteiger partial charge in [0.2, 0.25) is 0 Å². The number of rotatable bonds is 4. The van der Waals surface area contributed by atoms with Crippen LogP contribution in [0.25, 0.3) is 11.0 Å². The molecule has 0 aliphatic rings. The molecule has 0 amide bonds. The topological polar surface area (TPSA) is 29.9 Å². The van der Waals surface area contributed by atoms with Crippen LogP contribution in [0.3, 0.4) is 0 Å². The first-order valence-corrected chi connectivity index (χ1v) is 6.37. The van der Waals surface area contributed by atoms with Gasteiger partial charge in [0.1, 0.15) is 5.82 Å². The molecule has 0 atom stereocenters. The van der Waals surface area contributed by atoms with Gasteiger partial charge in [-0.3, -0.25) is 0 Å². The molecule has 3 nitrogen and oxygen atoms in total. The van der Waals surface area contributed by atoms with Gasteiger partial charge in [0.05, 0.1) is 17.6 Å². The van der Waals surface area contributed by atoms with Crippen LogP contribution in [0.15, 0.2) is 18.2 Å². The molecule has 0 aliphatic heterocycles. The Kier molecular flexibility index (Phi) is 3.69. The second-order valence-corrected chi connectivity index (χ2v) is 4.88. The zero-order valence-electron chi connectivity index (χ0n) is 10.5. The highest BCUT2D eigenvalue weighted by atomic mass is 35.5. The van der Waals surface area contributed by atoms with Gasteiger partial charge in [0.15, 0.2) is 0 Å². The van der Waals surface area contributed by atoms with Crippen LogP contribution in [0.1, 0.15) is 26.6 Å². The molecule has 92 valence electrons. The van der Waals surface area contributed by atoms with Gasteiger partial charge in [-0.05, 0) is 25.1 Å². The van der Waals surface area contributed by atoms with Crippen LogP contribution in [-0.4, -0.2) is 15.6 Å². The molecule has 0 fully saturated rings. The lowest BCUT2D eigenvalue weighted by Gasteiger charge is -2.09. The fraction of sp³-hybridized carbons (Fsp3) is 0.462. The van der Waals surface area contributed by atoms with E-state index in [9.17, 15) is 0 Å². The van der Waals surface area contributed by atoms with Gasteiger partial charge in [-0.15, -0.1) is 0 Å². The fourth-order valence-corrected chi connectivity index (χ4v) is 2.10. The predicted octanol–water partition coefficient (Wildman–Crippen LogP) is 3.21. The quantitative estimate of drug-likeness (QED) is 0.904. The number of nitrogens with zero attached hydrogens (tertiary/aromatic N) is 2. The van der Waals surface area contributed by atoms with Crippen LogP contribution < -0.4 is 5.32 Å². The van der Waals surface area contributed by atoms with Crippen molar-refractivity contribution in [2.24, 2.45) is 0 Å². The summed E-state index contributed by atoms with van der Waals surface area (Å²) in [4.78, 5) is 4.63. The number of benzene rings is 1. The largest absolute Gasteiger partial charge is 0.327 e. The Labute approximate surface area is 107 Å². The third-order valence-electron chi connectivity index (χ3n) is 2.77. The second kappa shape index (κ2) is 5.07. The lowest BCUT2D eigenvalue weighted by Crippen LogP contribution is -2.23. The number of imidazole rings is 1. The van der Waals surface area contributed by atoms with Crippen LogP contribution in [0.5, 0.6) is 0 Å². The lowest BCUT2D eigenvalue weighted by atomic mass is 10.3. The molecule has 0 saturated heterocycles. The number of aryl methyl sites for hydroxylation is 1. The van der Waals surface area contributed by atoms with Crippen molar-refractivity contribution < 1.29 is 0 Å². The second-order valence-electron chi connectivity index (χ2n) is 4.44. The molecule has 0 saturated carbocycles. The summed E-state index contributed by atoms with van der Waals surface area (Å²) in [5, 5.41) is 4.13. The number of aromatic nitrogens is 2. The van der Waals surface area contributed by atoms with Crippen molar-refractivity contribution >= 4 is 22.6 Å². The summed E-state index contributed by atoms with van der Waals surface area (Å²) < 4.78 is 2.22. The van der Waals surface area contributed by atoms with Crippen LogP contribution in [0, 0.1) is 0 Å². The Bertz CT molecular complexity index is 517. The monoisotopic (exact) mass is 251 g/mol. The molecule has 1 aromatic heterocycles. The molecule has 0 radical (unpaired) electrons. The summed E-state index contributed by atoms with van der Waals surface area (Å²) in [7, 11) is 0. The summed E-state index contributed by atoms with van der Waals surface area (Å²) in [5.74, 6) is 1.07. The van der Waals surface area contributed by atoms with Crippen LogP contribution in [0.4, 0.5) is 0 Å². The predicted molar refractivity (Wildman–Crippen MR) is 72.4 cm³/mol. The van der Waals surface area contributed by atoms with E-state index in [0.717, 1.165) is 35.0 Å². The Morgan fingerprint density at radius 2 is 2.18 bits per heavy atom. The van der Waals surface area contributed by atoms with Gasteiger partial charge in [-0.1, -0.05) is 25.4 Å². The van der Waals surface area contributed by atoms with E-state index in [1.165, 1.54) is 0 Å². The van der Waals surface area contributed by atoms with E-state index in [0.29, 0.717) is 6.04 Å². The molecule has 0 aliphatic carbocycles. The number of halogens is 1. The maximum atomic E-state index is 5.99. The third kappa shape index (κ3) is 2.61. The summed E-state index contributed by atoms with van der Waals surface area (Å²) in [6, 6.07) is 6.33. The highest BCUT2D eigenvalue weighted by molar-refractivity contribution is 6.31. The number of nitrogens with one attached hydrogen (secondary N) is 1. The van der Waals surface area contributed by atoms with Crippen molar-refractivity contribution in [1.82, 2.24) is 14.9 Å². The van der Waals surface area contributed by atoms with E-state index >= 15 is 0 Å². The summed E-state index contributed by atoms with van der Waals surface area (Å²) in [5.41, 5.74) is 2.12. The van der Waals surface area contributed by atoms with E-state index in [-0.39, 0.29) is 0 Å². The number of hydrogen-bond acceptors (Lipinski definition) is 2. The lowest BCUT2D eigenvalue weighted by molar-refractivity contribution is 0.554. The molecule has 1 aromatic carbocycles. The zero-order valence-corrected chi connectivity index (χ0v) is 11.3. The minimum absolute atomic E-state index is 0.462. The van der Waals surface area contributed by atoms with Crippen LogP contribution >= 0.6 is 11.6 Å². The molecule has 2 rings (SSSR count). The van der Waals surface area contributed by atoms with E-state index in [4.69, 9.17) is 11.6 Å². The highest BCUT2D eigenvalue weighted by Gasteiger charge is 2.09. The van der Waals surface area contributed by atoms with Crippen LogP contribution in [0.2, 0.25) is 5.02 Å². The molecule has 2 aromatic rings. The van der Waals surface area contributed by atoms with Crippen molar-refractivity contribution in [3.63, 3.8) is 0 Å². The minimum atomic E-state index is 0.462. The number of fused-ring (bicyclic) bond motifs is 1. The zero-order chi connectivity index (χ0) is 12.4. The van der Waals surface area contributed by atoms with Gasteiger partial charge in [0.25, 0.3) is 0 Å². The highest BCUT2D eigenvalue weighted by Crippen LogP contribution is 2.20. The third-order valence-corrected chi connectivity index (χ3v) is 3.01.